The van der Waals surface area contributed by atoms with Crippen LogP contribution in [-0.4, -0.2) is 18.0 Å². The molecule has 2 atom stereocenters. The third-order valence-corrected chi connectivity index (χ3v) is 3.94. The van der Waals surface area contributed by atoms with E-state index in [0.29, 0.717) is 12.0 Å². The molecule has 1 fully saturated rings. The number of hydrogen-bond donors (Lipinski definition) is 1. The highest BCUT2D eigenvalue weighted by atomic mass is 35.5. The first-order valence-corrected chi connectivity index (χ1v) is 6.59. The van der Waals surface area contributed by atoms with Crippen molar-refractivity contribution in [3.8, 4) is 0 Å². The van der Waals surface area contributed by atoms with E-state index in [1.54, 1.807) is 0 Å². The molecule has 1 aliphatic rings. The molecule has 0 spiro atoms. The fraction of sp³-hybridized carbons (Fsp3) is 1.00. The van der Waals surface area contributed by atoms with Crippen LogP contribution in [0.5, 0.6) is 0 Å². The molecule has 14 heavy (non-hydrogen) atoms. The minimum Gasteiger partial charge on any atom is -0.311 e. The molecule has 0 aromatic heterocycles. The lowest BCUT2D eigenvalue weighted by molar-refractivity contribution is 0.351. The second-order valence-electron chi connectivity index (χ2n) is 4.78. The summed E-state index contributed by atoms with van der Waals surface area (Å²) in [7, 11) is 0. The number of rotatable bonds is 4. The van der Waals surface area contributed by atoms with Gasteiger partial charge in [-0.25, -0.2) is 0 Å². The Hall–Kier alpha value is 0.250. The Kier molecular flexibility index (Phi) is 5.88. The van der Waals surface area contributed by atoms with Gasteiger partial charge in [0, 0.05) is 18.0 Å². The van der Waals surface area contributed by atoms with Crippen LogP contribution in [0.3, 0.4) is 0 Å². The van der Waals surface area contributed by atoms with Crippen LogP contribution in [0.25, 0.3) is 0 Å². The summed E-state index contributed by atoms with van der Waals surface area (Å²) in [5.41, 5.74) is 0. The molecule has 0 amide bonds. The lowest BCUT2D eigenvalue weighted by atomic mass is 10.0. The monoisotopic (exact) mass is 217 g/mol. The molecule has 84 valence electrons. The van der Waals surface area contributed by atoms with Crippen molar-refractivity contribution in [1.82, 2.24) is 5.32 Å². The zero-order chi connectivity index (χ0) is 10.4. The Bertz CT molecular complexity index is 141. The predicted octanol–water partition coefficient (Wildman–Crippen LogP) is 3.56. The van der Waals surface area contributed by atoms with Gasteiger partial charge in [0.05, 0.1) is 0 Å². The molecule has 0 aromatic carbocycles. The molecule has 1 saturated carbocycles. The van der Waals surface area contributed by atoms with Gasteiger partial charge >= 0.3 is 0 Å². The summed E-state index contributed by atoms with van der Waals surface area (Å²) in [4.78, 5) is 0. The summed E-state index contributed by atoms with van der Waals surface area (Å²) in [6.45, 7) is 4.49. The van der Waals surface area contributed by atoms with E-state index in [1.165, 1.54) is 38.5 Å². The van der Waals surface area contributed by atoms with Gasteiger partial charge in [-0.05, 0) is 25.7 Å². The van der Waals surface area contributed by atoms with Gasteiger partial charge in [-0.1, -0.05) is 32.6 Å². The Morgan fingerprint density at radius 1 is 1.14 bits per heavy atom. The van der Waals surface area contributed by atoms with Gasteiger partial charge < -0.3 is 5.32 Å². The maximum atomic E-state index is 5.86. The number of hydrogen-bond acceptors (Lipinski definition) is 1. The predicted molar refractivity (Wildman–Crippen MR) is 64.0 cm³/mol. The molecule has 0 radical (unpaired) electrons. The number of halogens is 1. The fourth-order valence-corrected chi connectivity index (χ4v) is 2.38. The Morgan fingerprint density at radius 3 is 2.21 bits per heavy atom. The molecule has 2 unspecified atom stereocenters. The Balaban J connectivity index is 2.26. The van der Waals surface area contributed by atoms with Crippen molar-refractivity contribution in [2.45, 2.75) is 64.5 Å². The minimum atomic E-state index is 0.565. The molecule has 0 bridgehead atoms. The van der Waals surface area contributed by atoms with Gasteiger partial charge in [-0.2, -0.15) is 0 Å². The maximum Gasteiger partial charge on any atom is 0.0263 e. The molecule has 0 heterocycles. The summed E-state index contributed by atoms with van der Waals surface area (Å²) in [6.07, 6.45) is 8.38. The molecule has 1 nitrogen and oxygen atoms in total. The van der Waals surface area contributed by atoms with Crippen LogP contribution in [0.4, 0.5) is 0 Å². The highest BCUT2D eigenvalue weighted by Gasteiger charge is 2.17. The van der Waals surface area contributed by atoms with Crippen LogP contribution in [0.15, 0.2) is 0 Å². The highest BCUT2D eigenvalue weighted by Crippen LogP contribution is 2.18. The van der Waals surface area contributed by atoms with Crippen LogP contribution in [0.2, 0.25) is 0 Å². The molecule has 0 aliphatic heterocycles. The van der Waals surface area contributed by atoms with Gasteiger partial charge in [0.15, 0.2) is 0 Å². The summed E-state index contributed by atoms with van der Waals surface area (Å²) in [5.74, 6) is 1.35. The number of alkyl halides is 1. The van der Waals surface area contributed by atoms with E-state index in [9.17, 15) is 0 Å². The fourth-order valence-electron chi connectivity index (χ4n) is 2.12. The lowest BCUT2D eigenvalue weighted by Gasteiger charge is -2.25. The first-order chi connectivity index (χ1) is 6.74. The lowest BCUT2D eigenvalue weighted by Crippen LogP contribution is -2.40. The van der Waals surface area contributed by atoms with Crippen LogP contribution >= 0.6 is 11.6 Å². The molecule has 0 aromatic rings. The topological polar surface area (TPSA) is 12.0 Å². The zero-order valence-corrected chi connectivity index (χ0v) is 10.3. The van der Waals surface area contributed by atoms with E-state index in [0.717, 1.165) is 11.9 Å². The van der Waals surface area contributed by atoms with E-state index in [-0.39, 0.29) is 0 Å². The van der Waals surface area contributed by atoms with Crippen LogP contribution in [0, 0.1) is 5.92 Å². The van der Waals surface area contributed by atoms with E-state index >= 15 is 0 Å². The van der Waals surface area contributed by atoms with Crippen molar-refractivity contribution >= 4 is 11.6 Å². The van der Waals surface area contributed by atoms with Gasteiger partial charge in [-0.3, -0.25) is 0 Å². The van der Waals surface area contributed by atoms with Crippen molar-refractivity contribution in [2.75, 3.05) is 5.88 Å². The average Bonchev–Trinajstić information content (AvgIpc) is 2.45. The standard InChI is InChI=1S/C12H24ClN/c1-10(9-13)11(2)14-12-7-5-3-4-6-8-12/h10-12,14H,3-9H2,1-2H3. The third-order valence-electron chi connectivity index (χ3n) is 3.45. The van der Waals surface area contributed by atoms with E-state index < -0.39 is 0 Å². The first-order valence-electron chi connectivity index (χ1n) is 6.06. The Labute approximate surface area is 93.6 Å². The van der Waals surface area contributed by atoms with E-state index in [2.05, 4.69) is 19.2 Å². The molecule has 1 rings (SSSR count). The van der Waals surface area contributed by atoms with Gasteiger partial charge in [0.2, 0.25) is 0 Å². The first kappa shape index (κ1) is 12.3. The van der Waals surface area contributed by atoms with Crippen molar-refractivity contribution in [1.29, 1.82) is 0 Å². The maximum absolute atomic E-state index is 5.86. The minimum absolute atomic E-state index is 0.565. The van der Waals surface area contributed by atoms with Crippen LogP contribution in [0.1, 0.15) is 52.4 Å². The molecule has 2 heteroatoms. The zero-order valence-electron chi connectivity index (χ0n) is 9.56. The molecule has 1 aliphatic carbocycles. The average molecular weight is 218 g/mol. The third kappa shape index (κ3) is 4.18. The molecular weight excluding hydrogens is 194 g/mol. The van der Waals surface area contributed by atoms with Gasteiger partial charge in [0.25, 0.3) is 0 Å². The van der Waals surface area contributed by atoms with Crippen molar-refractivity contribution in [3.05, 3.63) is 0 Å². The smallest absolute Gasteiger partial charge is 0.0263 e. The summed E-state index contributed by atoms with van der Waals surface area (Å²) in [6, 6.07) is 1.31. The van der Waals surface area contributed by atoms with Crippen LogP contribution in [-0.2, 0) is 0 Å². The van der Waals surface area contributed by atoms with E-state index in [4.69, 9.17) is 11.6 Å². The van der Waals surface area contributed by atoms with Crippen molar-refractivity contribution < 1.29 is 0 Å². The molecule has 1 N–H and O–H groups in total. The van der Waals surface area contributed by atoms with Crippen molar-refractivity contribution in [3.63, 3.8) is 0 Å². The molecular formula is C12H24ClN. The molecule has 0 saturated heterocycles. The summed E-state index contributed by atoms with van der Waals surface area (Å²) in [5, 5.41) is 3.73. The quantitative estimate of drug-likeness (QED) is 0.561. The summed E-state index contributed by atoms with van der Waals surface area (Å²) >= 11 is 5.86. The second-order valence-corrected chi connectivity index (χ2v) is 5.08. The van der Waals surface area contributed by atoms with Gasteiger partial charge in [0.1, 0.15) is 0 Å². The highest BCUT2D eigenvalue weighted by molar-refractivity contribution is 6.18. The SMILES string of the molecule is CC(CCl)C(C)NC1CCCCCC1. The second kappa shape index (κ2) is 6.68. The van der Waals surface area contributed by atoms with Gasteiger partial charge in [-0.15, -0.1) is 11.6 Å². The van der Waals surface area contributed by atoms with Crippen molar-refractivity contribution in [2.24, 2.45) is 5.92 Å². The van der Waals surface area contributed by atoms with E-state index in [1.807, 2.05) is 0 Å². The summed E-state index contributed by atoms with van der Waals surface area (Å²) < 4.78 is 0. The largest absolute Gasteiger partial charge is 0.311 e. The number of nitrogens with one attached hydrogen (secondary N) is 1. The Morgan fingerprint density at radius 2 is 1.71 bits per heavy atom. The van der Waals surface area contributed by atoms with Crippen LogP contribution < -0.4 is 5.32 Å². The normalized spacial score (nSPS) is 24.2.